The lowest BCUT2D eigenvalue weighted by atomic mass is 10.1. The number of pyridine rings is 1. The van der Waals surface area contributed by atoms with Crippen LogP contribution in [0, 0.1) is 0 Å². The first-order valence-electron chi connectivity index (χ1n) is 16.9. The highest BCUT2D eigenvalue weighted by Gasteiger charge is 2.32. The first-order valence-corrected chi connectivity index (χ1v) is 20.3. The zero-order valence-electron chi connectivity index (χ0n) is 27.6. The van der Waals surface area contributed by atoms with E-state index in [1.54, 1.807) is 6.20 Å². The fourth-order valence-electron chi connectivity index (χ4n) is 7.29. The van der Waals surface area contributed by atoms with Gasteiger partial charge in [-0.2, -0.15) is 0 Å². The Morgan fingerprint density at radius 3 is 1.53 bits per heavy atom. The number of fused-ring (bicyclic) bond motifs is 4. The van der Waals surface area contributed by atoms with Gasteiger partial charge in [-0.25, -0.2) is 0 Å². The molecule has 2 heterocycles. The molecule has 0 radical (unpaired) electrons. The first-order chi connectivity index (χ1) is 25.0. The van der Waals surface area contributed by atoms with Gasteiger partial charge in [0.1, 0.15) is 0 Å². The van der Waals surface area contributed by atoms with E-state index in [1.165, 1.54) is 0 Å². The molecule has 0 N–H and O–H groups in total. The van der Waals surface area contributed by atoms with Crippen LogP contribution in [0.5, 0.6) is 0 Å². The quantitative estimate of drug-likeness (QED) is 0.157. The molecule has 6 heteroatoms. The maximum atomic E-state index is 15.6. The van der Waals surface area contributed by atoms with Crippen LogP contribution in [0.2, 0.25) is 0 Å². The third kappa shape index (κ3) is 5.11. The molecule has 0 bridgehead atoms. The number of rotatable bonds is 7. The zero-order valence-corrected chi connectivity index (χ0v) is 29.4. The summed E-state index contributed by atoms with van der Waals surface area (Å²) in [5, 5.41) is 7.63. The predicted molar refractivity (Wildman–Crippen MR) is 215 cm³/mol. The Hall–Kier alpha value is -5.79. The molecule has 0 saturated carbocycles. The Labute approximate surface area is 296 Å². The summed E-state index contributed by atoms with van der Waals surface area (Å²) >= 11 is 0. The molecule has 9 aromatic rings. The Morgan fingerprint density at radius 2 is 0.882 bits per heavy atom. The van der Waals surface area contributed by atoms with Crippen molar-refractivity contribution < 1.29 is 9.13 Å². The molecule has 2 aromatic heterocycles. The van der Waals surface area contributed by atoms with Crippen LogP contribution >= 0.6 is 14.3 Å². The summed E-state index contributed by atoms with van der Waals surface area (Å²) in [6, 6.07) is 61.8. The second kappa shape index (κ2) is 12.5. The van der Waals surface area contributed by atoms with Crippen molar-refractivity contribution in [1.29, 1.82) is 0 Å². The van der Waals surface area contributed by atoms with Crippen LogP contribution in [-0.2, 0) is 9.13 Å². The van der Waals surface area contributed by atoms with Crippen LogP contribution in [0.3, 0.4) is 0 Å². The van der Waals surface area contributed by atoms with Crippen molar-refractivity contribution in [2.45, 2.75) is 0 Å². The maximum absolute atomic E-state index is 15.6. The van der Waals surface area contributed by atoms with E-state index < -0.39 is 14.3 Å². The van der Waals surface area contributed by atoms with E-state index in [0.29, 0.717) is 5.30 Å². The third-order valence-corrected chi connectivity index (χ3v) is 15.9. The molecule has 0 fully saturated rings. The number of para-hydroxylation sites is 2. The highest BCUT2D eigenvalue weighted by molar-refractivity contribution is 7.85. The molecule has 0 saturated heterocycles. The van der Waals surface area contributed by atoms with Crippen LogP contribution in [0.15, 0.2) is 194 Å². The predicted octanol–water partition coefficient (Wildman–Crippen LogP) is 8.61. The lowest BCUT2D eigenvalue weighted by molar-refractivity contribution is 0.591. The van der Waals surface area contributed by atoms with Gasteiger partial charge in [0.15, 0.2) is 14.3 Å². The summed E-state index contributed by atoms with van der Waals surface area (Å²) in [4.78, 5) is 4.72. The number of aromatic nitrogens is 2. The fourth-order valence-corrected chi connectivity index (χ4v) is 12.6. The van der Waals surface area contributed by atoms with Gasteiger partial charge in [-0.05, 0) is 60.7 Å². The highest BCUT2D eigenvalue weighted by Crippen LogP contribution is 2.45. The molecule has 4 nitrogen and oxygen atoms in total. The van der Waals surface area contributed by atoms with Crippen LogP contribution in [0.4, 0.5) is 0 Å². The van der Waals surface area contributed by atoms with Crippen LogP contribution in [-0.4, -0.2) is 9.55 Å². The van der Waals surface area contributed by atoms with E-state index in [0.717, 1.165) is 64.9 Å². The van der Waals surface area contributed by atoms with E-state index in [-0.39, 0.29) is 0 Å². The van der Waals surface area contributed by atoms with Crippen molar-refractivity contribution in [1.82, 2.24) is 9.55 Å². The lowest BCUT2D eigenvalue weighted by Crippen LogP contribution is -2.25. The topological polar surface area (TPSA) is 52.0 Å². The summed E-state index contributed by atoms with van der Waals surface area (Å²) in [7, 11) is -6.43. The Bertz CT molecular complexity index is 2750. The van der Waals surface area contributed by atoms with Gasteiger partial charge in [0.25, 0.3) is 0 Å². The normalized spacial score (nSPS) is 13.0. The average Bonchev–Trinajstić information content (AvgIpc) is 3.55. The molecule has 0 aliphatic rings. The third-order valence-electron chi connectivity index (χ3n) is 9.79. The van der Waals surface area contributed by atoms with Crippen molar-refractivity contribution in [2.75, 3.05) is 0 Å². The second-order valence-electron chi connectivity index (χ2n) is 12.7. The molecule has 0 spiro atoms. The monoisotopic (exact) mass is 694 g/mol. The van der Waals surface area contributed by atoms with Crippen molar-refractivity contribution in [3.8, 4) is 5.69 Å². The first kappa shape index (κ1) is 31.2. The van der Waals surface area contributed by atoms with Crippen LogP contribution < -0.4 is 31.8 Å². The van der Waals surface area contributed by atoms with E-state index in [1.807, 2.05) is 152 Å². The van der Waals surface area contributed by atoms with Gasteiger partial charge in [-0.3, -0.25) is 4.98 Å². The van der Waals surface area contributed by atoms with Gasteiger partial charge in [-0.15, -0.1) is 0 Å². The van der Waals surface area contributed by atoms with Gasteiger partial charge in [0.05, 0.1) is 16.6 Å². The smallest absolute Gasteiger partial charge is 0.172 e. The summed E-state index contributed by atoms with van der Waals surface area (Å²) < 4.78 is 32.9. The molecule has 9 rings (SSSR count). The van der Waals surface area contributed by atoms with Crippen molar-refractivity contribution in [2.24, 2.45) is 0 Å². The van der Waals surface area contributed by atoms with Crippen molar-refractivity contribution >= 4 is 78.8 Å². The Balaban J connectivity index is 1.21. The molecule has 51 heavy (non-hydrogen) atoms. The molecule has 1 atom stereocenters. The molecule has 244 valence electrons. The molecule has 0 amide bonds. The van der Waals surface area contributed by atoms with Gasteiger partial charge in [-0.1, -0.05) is 127 Å². The summed E-state index contributed by atoms with van der Waals surface area (Å²) in [6.07, 6.45) is 1.77. The highest BCUT2D eigenvalue weighted by atomic mass is 31.2. The van der Waals surface area contributed by atoms with Gasteiger partial charge in [0.2, 0.25) is 0 Å². The summed E-state index contributed by atoms with van der Waals surface area (Å²) in [5.74, 6) is 0. The lowest BCUT2D eigenvalue weighted by Gasteiger charge is -2.21. The minimum absolute atomic E-state index is 0.701. The van der Waals surface area contributed by atoms with E-state index in [4.69, 9.17) is 4.98 Å². The van der Waals surface area contributed by atoms with Crippen LogP contribution in [0.25, 0.3) is 38.4 Å². The SMILES string of the molecule is O=P(c1ccccc1)(c1ccccc1)c1ccc(-n2c3ccccc3c3cc(P(=O)(c4ccccc4)c4cnc5ccccc5c4)ccc32)cc1. The molecular weight excluding hydrogens is 662 g/mol. The number of benzene rings is 7. The van der Waals surface area contributed by atoms with Crippen molar-refractivity contribution in [3.63, 3.8) is 0 Å². The summed E-state index contributed by atoms with van der Waals surface area (Å²) in [5.41, 5.74) is 3.86. The Morgan fingerprint density at radius 1 is 0.392 bits per heavy atom. The fraction of sp³-hybridized carbons (Fsp3) is 0. The standard InChI is InChI=1S/C45H32N2O2P2/c48-50(35-15-4-1-5-16-35,36-17-6-2-7-18-36)38-26-24-34(25-27-38)47-44-23-13-11-21-41(44)42-31-39(28-29-45(42)47)51(49,37-19-8-3-9-20-37)40-30-33-14-10-12-22-43(33)46-32-40/h1-32H. The molecule has 0 aliphatic carbocycles. The zero-order chi connectivity index (χ0) is 34.4. The number of hydrogen-bond donors (Lipinski definition) is 0. The molecule has 0 aliphatic heterocycles. The van der Waals surface area contributed by atoms with Gasteiger partial charge >= 0.3 is 0 Å². The molecule has 1 unspecified atom stereocenters. The number of nitrogens with zero attached hydrogens (tertiary/aromatic N) is 2. The van der Waals surface area contributed by atoms with Gasteiger partial charge < -0.3 is 13.7 Å². The number of hydrogen-bond acceptors (Lipinski definition) is 3. The van der Waals surface area contributed by atoms with Crippen LogP contribution in [0.1, 0.15) is 0 Å². The van der Waals surface area contributed by atoms with Crippen molar-refractivity contribution in [3.05, 3.63) is 194 Å². The minimum Gasteiger partial charge on any atom is -0.309 e. The second-order valence-corrected chi connectivity index (χ2v) is 18.2. The minimum atomic E-state index is -3.31. The van der Waals surface area contributed by atoms with Gasteiger partial charge in [0, 0.05) is 59.9 Å². The largest absolute Gasteiger partial charge is 0.309 e. The van der Waals surface area contributed by atoms with E-state index in [2.05, 4.69) is 41.0 Å². The molecule has 7 aromatic carbocycles. The summed E-state index contributed by atoms with van der Waals surface area (Å²) in [6.45, 7) is 0. The molecular formula is C45H32N2O2P2. The maximum Gasteiger partial charge on any atom is 0.172 e. The average molecular weight is 695 g/mol. The van der Waals surface area contributed by atoms with E-state index >= 15 is 9.13 Å². The Kier molecular flexibility index (Phi) is 7.66. The van der Waals surface area contributed by atoms with E-state index in [9.17, 15) is 0 Å².